The van der Waals surface area contributed by atoms with Crippen LogP contribution in [0.5, 0.6) is 0 Å². The third kappa shape index (κ3) is 2.64. The number of aryl methyl sites for hydroxylation is 1. The first kappa shape index (κ1) is 13.0. The minimum absolute atomic E-state index is 0.0117. The Hall–Kier alpha value is -3.03. The van der Waals surface area contributed by atoms with Gasteiger partial charge in [0.25, 0.3) is 5.56 Å². The third-order valence-electron chi connectivity index (χ3n) is 2.97. The number of benzene rings is 1. The molecule has 106 valence electrons. The molecule has 0 unspecified atom stereocenters. The molecule has 4 N–H and O–H groups in total. The summed E-state index contributed by atoms with van der Waals surface area (Å²) in [6.07, 6.45) is 0.969. The van der Waals surface area contributed by atoms with Gasteiger partial charge in [-0.25, -0.2) is 0 Å². The van der Waals surface area contributed by atoms with Gasteiger partial charge in [-0.2, -0.15) is 9.97 Å². The highest BCUT2D eigenvalue weighted by molar-refractivity contribution is 5.72. The molecule has 0 saturated heterocycles. The van der Waals surface area contributed by atoms with Crippen LogP contribution in [-0.4, -0.2) is 19.9 Å². The standard InChI is InChI=1S/C13H13N7O/c1-2-7-3-5-8(6-4-7)19-20-13-15-9-10(17-13)16-12(14)18-11(9)21/h3-6H,2H2,1H3,(H4,14,15,16,17,18,21). The first-order valence-electron chi connectivity index (χ1n) is 6.42. The normalized spacial score (nSPS) is 11.5. The molecule has 0 atom stereocenters. The van der Waals surface area contributed by atoms with E-state index in [-0.39, 0.29) is 23.1 Å². The van der Waals surface area contributed by atoms with E-state index in [2.05, 4.69) is 37.1 Å². The van der Waals surface area contributed by atoms with Crippen LogP contribution in [0.15, 0.2) is 39.3 Å². The number of azo groups is 1. The maximum Gasteiger partial charge on any atom is 0.278 e. The Bertz CT molecular complexity index is 860. The van der Waals surface area contributed by atoms with Crippen molar-refractivity contribution in [3.63, 3.8) is 0 Å². The molecule has 0 aliphatic heterocycles. The Morgan fingerprint density at radius 2 is 1.90 bits per heavy atom. The van der Waals surface area contributed by atoms with Crippen LogP contribution in [0.4, 0.5) is 17.6 Å². The van der Waals surface area contributed by atoms with Crippen LogP contribution in [0.2, 0.25) is 0 Å². The topological polar surface area (TPSA) is 125 Å². The molecule has 8 nitrogen and oxygen atoms in total. The van der Waals surface area contributed by atoms with E-state index in [0.29, 0.717) is 5.69 Å². The summed E-state index contributed by atoms with van der Waals surface area (Å²) in [7, 11) is 0. The van der Waals surface area contributed by atoms with Crippen molar-refractivity contribution < 1.29 is 0 Å². The second-order valence-electron chi connectivity index (χ2n) is 4.43. The Balaban J connectivity index is 1.91. The average molecular weight is 283 g/mol. The van der Waals surface area contributed by atoms with Gasteiger partial charge in [0, 0.05) is 0 Å². The van der Waals surface area contributed by atoms with Gasteiger partial charge in [-0.15, -0.1) is 10.2 Å². The molecule has 0 radical (unpaired) electrons. The van der Waals surface area contributed by atoms with Crippen molar-refractivity contribution in [3.05, 3.63) is 40.2 Å². The summed E-state index contributed by atoms with van der Waals surface area (Å²) in [4.78, 5) is 24.7. The lowest BCUT2D eigenvalue weighted by atomic mass is 10.2. The number of H-pyrrole nitrogens is 2. The number of aromatic nitrogens is 4. The minimum atomic E-state index is -0.390. The van der Waals surface area contributed by atoms with E-state index in [1.165, 1.54) is 5.56 Å². The summed E-state index contributed by atoms with van der Waals surface area (Å²) in [6, 6.07) is 7.71. The van der Waals surface area contributed by atoms with Gasteiger partial charge in [-0.05, 0) is 24.1 Å². The van der Waals surface area contributed by atoms with Crippen LogP contribution in [0.1, 0.15) is 12.5 Å². The Morgan fingerprint density at radius 1 is 1.14 bits per heavy atom. The van der Waals surface area contributed by atoms with Crippen LogP contribution in [0, 0.1) is 0 Å². The van der Waals surface area contributed by atoms with Crippen molar-refractivity contribution >= 4 is 28.7 Å². The monoisotopic (exact) mass is 283 g/mol. The van der Waals surface area contributed by atoms with Crippen molar-refractivity contribution in [2.24, 2.45) is 10.2 Å². The minimum Gasteiger partial charge on any atom is -0.369 e. The molecule has 0 aliphatic rings. The molecule has 0 bridgehead atoms. The molecule has 21 heavy (non-hydrogen) atoms. The average Bonchev–Trinajstić information content (AvgIpc) is 2.89. The number of imidazole rings is 1. The zero-order valence-electron chi connectivity index (χ0n) is 11.3. The molecular weight excluding hydrogens is 270 g/mol. The Labute approximate surface area is 119 Å². The van der Waals surface area contributed by atoms with Crippen molar-refractivity contribution in [2.75, 3.05) is 5.73 Å². The second-order valence-corrected chi connectivity index (χ2v) is 4.43. The van der Waals surface area contributed by atoms with Gasteiger partial charge in [0.05, 0.1) is 5.69 Å². The van der Waals surface area contributed by atoms with Crippen LogP contribution < -0.4 is 11.3 Å². The fourth-order valence-electron chi connectivity index (χ4n) is 1.86. The first-order valence-corrected chi connectivity index (χ1v) is 6.42. The van der Waals surface area contributed by atoms with E-state index in [1.54, 1.807) is 0 Å². The molecule has 8 heteroatoms. The SMILES string of the molecule is CCc1ccc(N=Nc2nc3nc(N)[nH]c(=O)c3[nH]2)cc1. The summed E-state index contributed by atoms with van der Waals surface area (Å²) < 4.78 is 0. The molecule has 0 fully saturated rings. The molecule has 0 spiro atoms. The maximum absolute atomic E-state index is 11.6. The van der Waals surface area contributed by atoms with E-state index in [9.17, 15) is 4.79 Å². The van der Waals surface area contributed by atoms with Gasteiger partial charge < -0.3 is 10.7 Å². The van der Waals surface area contributed by atoms with Gasteiger partial charge >= 0.3 is 0 Å². The van der Waals surface area contributed by atoms with Gasteiger partial charge in [0.15, 0.2) is 11.2 Å². The number of nitrogens with one attached hydrogen (secondary N) is 2. The van der Waals surface area contributed by atoms with Crippen LogP contribution in [-0.2, 0) is 6.42 Å². The van der Waals surface area contributed by atoms with Crippen LogP contribution in [0.3, 0.4) is 0 Å². The van der Waals surface area contributed by atoms with E-state index in [0.717, 1.165) is 6.42 Å². The molecule has 0 saturated carbocycles. The smallest absolute Gasteiger partial charge is 0.278 e. The molecule has 3 aromatic rings. The summed E-state index contributed by atoms with van der Waals surface area (Å²) in [5.41, 5.74) is 7.43. The number of hydrogen-bond acceptors (Lipinski definition) is 6. The summed E-state index contributed by atoms with van der Waals surface area (Å²) in [5, 5.41) is 8.02. The van der Waals surface area contributed by atoms with Crippen molar-refractivity contribution in [1.82, 2.24) is 19.9 Å². The van der Waals surface area contributed by atoms with E-state index in [1.807, 2.05) is 24.3 Å². The van der Waals surface area contributed by atoms with E-state index in [4.69, 9.17) is 5.73 Å². The Morgan fingerprint density at radius 3 is 2.62 bits per heavy atom. The molecule has 1 aromatic carbocycles. The number of hydrogen-bond donors (Lipinski definition) is 3. The van der Waals surface area contributed by atoms with Crippen LogP contribution >= 0.6 is 0 Å². The third-order valence-corrected chi connectivity index (χ3v) is 2.97. The maximum atomic E-state index is 11.6. The largest absolute Gasteiger partial charge is 0.369 e. The summed E-state index contributed by atoms with van der Waals surface area (Å²) in [5.74, 6) is 0.214. The number of fused-ring (bicyclic) bond motifs is 1. The van der Waals surface area contributed by atoms with E-state index >= 15 is 0 Å². The van der Waals surface area contributed by atoms with Gasteiger partial charge in [0.2, 0.25) is 11.9 Å². The number of rotatable bonds is 3. The quantitative estimate of drug-likeness (QED) is 0.637. The number of nitrogen functional groups attached to an aromatic ring is 1. The zero-order chi connectivity index (χ0) is 14.8. The number of aromatic amines is 2. The van der Waals surface area contributed by atoms with E-state index < -0.39 is 5.56 Å². The lowest BCUT2D eigenvalue weighted by Crippen LogP contribution is -2.10. The Kier molecular flexibility index (Phi) is 3.19. The highest BCUT2D eigenvalue weighted by atomic mass is 16.1. The van der Waals surface area contributed by atoms with Gasteiger partial charge in [0.1, 0.15) is 0 Å². The summed E-state index contributed by atoms with van der Waals surface area (Å²) >= 11 is 0. The number of nitrogens with zero attached hydrogens (tertiary/aromatic N) is 4. The molecule has 2 heterocycles. The van der Waals surface area contributed by atoms with Gasteiger partial charge in [-0.1, -0.05) is 19.1 Å². The molecule has 2 aromatic heterocycles. The lowest BCUT2D eigenvalue weighted by molar-refractivity contribution is 1.11. The first-order chi connectivity index (χ1) is 10.2. The fourth-order valence-corrected chi connectivity index (χ4v) is 1.86. The number of anilines is 1. The molecule has 0 aliphatic carbocycles. The summed E-state index contributed by atoms with van der Waals surface area (Å²) in [6.45, 7) is 2.08. The van der Waals surface area contributed by atoms with Crippen molar-refractivity contribution in [2.45, 2.75) is 13.3 Å². The lowest BCUT2D eigenvalue weighted by Gasteiger charge is -1.95. The highest BCUT2D eigenvalue weighted by Crippen LogP contribution is 2.18. The number of nitrogens with two attached hydrogens (primary N) is 1. The molecule has 3 rings (SSSR count). The molecule has 0 amide bonds. The second kappa shape index (κ2) is 5.16. The predicted molar refractivity (Wildman–Crippen MR) is 78.9 cm³/mol. The molecular formula is C13H13N7O. The predicted octanol–water partition coefficient (Wildman–Crippen LogP) is 2.21. The van der Waals surface area contributed by atoms with Crippen LogP contribution in [0.25, 0.3) is 11.2 Å². The van der Waals surface area contributed by atoms with Gasteiger partial charge in [-0.3, -0.25) is 9.78 Å². The highest BCUT2D eigenvalue weighted by Gasteiger charge is 2.07. The van der Waals surface area contributed by atoms with Crippen molar-refractivity contribution in [1.29, 1.82) is 0 Å². The zero-order valence-corrected chi connectivity index (χ0v) is 11.3. The van der Waals surface area contributed by atoms with Crippen molar-refractivity contribution in [3.8, 4) is 0 Å². The fraction of sp³-hybridized carbons (Fsp3) is 0.154.